The van der Waals surface area contributed by atoms with E-state index in [4.69, 9.17) is 0 Å². The summed E-state index contributed by atoms with van der Waals surface area (Å²) in [5, 5.41) is 5.87. The molecule has 0 bridgehead atoms. The number of carbonyl (C=O) groups excluding carboxylic acids is 1. The fourth-order valence-electron chi connectivity index (χ4n) is 4.70. The number of aryl methyl sites for hydroxylation is 1. The normalized spacial score (nSPS) is 19.7. The Balaban J connectivity index is 1.50. The standard InChI is InChI=1S/C23H38N4O/c1-17(2)14-25-23(28)26-22-13-19(15-24-18(22)3)16-27-11-9-21(10-12-27)20-7-5-4-6-8-20/h13,15,17,20-21H,4-12,14,16H2,1-3H3,(H2,25,26,28). The van der Waals surface area contributed by atoms with Crippen LogP contribution in [-0.2, 0) is 6.54 Å². The molecule has 5 heteroatoms. The van der Waals surface area contributed by atoms with Gasteiger partial charge in [-0.3, -0.25) is 9.88 Å². The zero-order chi connectivity index (χ0) is 19.9. The lowest BCUT2D eigenvalue weighted by Gasteiger charge is -2.37. The van der Waals surface area contributed by atoms with Gasteiger partial charge in [0, 0.05) is 19.3 Å². The molecule has 1 aromatic rings. The zero-order valence-corrected chi connectivity index (χ0v) is 18.0. The lowest BCUT2D eigenvalue weighted by Crippen LogP contribution is -2.36. The van der Waals surface area contributed by atoms with Crippen LogP contribution in [0, 0.1) is 24.7 Å². The molecule has 28 heavy (non-hydrogen) atoms. The Labute approximate surface area is 170 Å². The summed E-state index contributed by atoms with van der Waals surface area (Å²) in [6, 6.07) is 1.94. The molecule has 0 aromatic carbocycles. The minimum absolute atomic E-state index is 0.149. The van der Waals surface area contributed by atoms with Crippen LogP contribution in [0.25, 0.3) is 0 Å². The van der Waals surface area contributed by atoms with Crippen molar-refractivity contribution in [1.82, 2.24) is 15.2 Å². The minimum atomic E-state index is -0.149. The number of likely N-dealkylation sites (tertiary alicyclic amines) is 1. The number of hydrogen-bond donors (Lipinski definition) is 2. The summed E-state index contributed by atoms with van der Waals surface area (Å²) in [6.07, 6.45) is 11.9. The van der Waals surface area contributed by atoms with Gasteiger partial charge in [-0.25, -0.2) is 4.79 Å². The highest BCUT2D eigenvalue weighted by Gasteiger charge is 2.27. The van der Waals surface area contributed by atoms with Crippen molar-refractivity contribution in [2.24, 2.45) is 17.8 Å². The van der Waals surface area contributed by atoms with Crippen molar-refractivity contribution in [1.29, 1.82) is 0 Å². The fraction of sp³-hybridized carbons (Fsp3) is 0.739. The highest BCUT2D eigenvalue weighted by molar-refractivity contribution is 5.89. The Hall–Kier alpha value is -1.62. The molecule has 0 atom stereocenters. The Morgan fingerprint density at radius 2 is 1.82 bits per heavy atom. The van der Waals surface area contributed by atoms with Gasteiger partial charge in [0.05, 0.1) is 11.4 Å². The summed E-state index contributed by atoms with van der Waals surface area (Å²) in [5.41, 5.74) is 2.86. The third kappa shape index (κ3) is 6.20. The number of rotatable bonds is 6. The number of hydrogen-bond acceptors (Lipinski definition) is 3. The van der Waals surface area contributed by atoms with Crippen LogP contribution in [0.5, 0.6) is 0 Å². The van der Waals surface area contributed by atoms with Crippen molar-refractivity contribution < 1.29 is 4.79 Å². The minimum Gasteiger partial charge on any atom is -0.338 e. The molecule has 5 nitrogen and oxygen atoms in total. The first-order chi connectivity index (χ1) is 13.5. The maximum absolute atomic E-state index is 12.1. The molecule has 2 heterocycles. The van der Waals surface area contributed by atoms with Gasteiger partial charge >= 0.3 is 6.03 Å². The fourth-order valence-corrected chi connectivity index (χ4v) is 4.70. The Morgan fingerprint density at radius 3 is 2.50 bits per heavy atom. The summed E-state index contributed by atoms with van der Waals surface area (Å²) in [7, 11) is 0. The maximum Gasteiger partial charge on any atom is 0.319 e. The van der Waals surface area contributed by atoms with Crippen molar-refractivity contribution in [3.05, 3.63) is 23.5 Å². The predicted molar refractivity (Wildman–Crippen MR) is 115 cm³/mol. The lowest BCUT2D eigenvalue weighted by atomic mass is 9.76. The van der Waals surface area contributed by atoms with E-state index in [1.54, 1.807) is 0 Å². The van der Waals surface area contributed by atoms with E-state index in [9.17, 15) is 4.79 Å². The number of anilines is 1. The molecule has 2 amide bonds. The van der Waals surface area contributed by atoms with E-state index >= 15 is 0 Å². The molecule has 1 aromatic heterocycles. The summed E-state index contributed by atoms with van der Waals surface area (Å²) >= 11 is 0. The summed E-state index contributed by atoms with van der Waals surface area (Å²) < 4.78 is 0. The van der Waals surface area contributed by atoms with E-state index in [1.807, 2.05) is 13.1 Å². The molecule has 0 spiro atoms. The predicted octanol–water partition coefficient (Wildman–Crippen LogP) is 4.96. The topological polar surface area (TPSA) is 57.3 Å². The van der Waals surface area contributed by atoms with Crippen molar-refractivity contribution in [2.75, 3.05) is 25.0 Å². The molecular weight excluding hydrogens is 348 g/mol. The van der Waals surface area contributed by atoms with Crippen LogP contribution < -0.4 is 10.6 Å². The Morgan fingerprint density at radius 1 is 1.14 bits per heavy atom. The monoisotopic (exact) mass is 386 g/mol. The molecule has 2 aliphatic rings. The molecular formula is C23H38N4O. The number of nitrogens with one attached hydrogen (secondary N) is 2. The van der Waals surface area contributed by atoms with Crippen molar-refractivity contribution in [3.8, 4) is 0 Å². The van der Waals surface area contributed by atoms with Crippen molar-refractivity contribution >= 4 is 11.7 Å². The molecule has 3 rings (SSSR count). The lowest BCUT2D eigenvalue weighted by molar-refractivity contribution is 0.122. The van der Waals surface area contributed by atoms with Crippen molar-refractivity contribution in [3.63, 3.8) is 0 Å². The third-order valence-electron chi connectivity index (χ3n) is 6.42. The molecule has 156 valence electrons. The molecule has 1 aliphatic carbocycles. The van der Waals surface area contributed by atoms with Crippen LogP contribution in [0.3, 0.4) is 0 Å². The van der Waals surface area contributed by atoms with Gasteiger partial charge in [0.15, 0.2) is 0 Å². The number of carbonyl (C=O) groups is 1. The van der Waals surface area contributed by atoms with E-state index in [-0.39, 0.29) is 6.03 Å². The number of nitrogens with zero attached hydrogens (tertiary/aromatic N) is 2. The highest BCUT2D eigenvalue weighted by atomic mass is 16.2. The van der Waals surface area contributed by atoms with Crippen LogP contribution in [0.4, 0.5) is 10.5 Å². The first-order valence-corrected chi connectivity index (χ1v) is 11.2. The first-order valence-electron chi connectivity index (χ1n) is 11.2. The van der Waals surface area contributed by atoms with Crippen LogP contribution in [0.1, 0.15) is 70.1 Å². The number of aromatic nitrogens is 1. The number of amides is 2. The van der Waals surface area contributed by atoms with E-state index in [2.05, 4.69) is 40.4 Å². The van der Waals surface area contributed by atoms with Crippen LogP contribution in [0.15, 0.2) is 12.3 Å². The Kier molecular flexibility index (Phi) is 7.72. The third-order valence-corrected chi connectivity index (χ3v) is 6.42. The molecule has 0 unspecified atom stereocenters. The number of pyridine rings is 1. The first kappa shape index (κ1) is 21.1. The van der Waals surface area contributed by atoms with Gasteiger partial charge in [-0.05, 0) is 62.2 Å². The second-order valence-corrected chi connectivity index (χ2v) is 9.22. The van der Waals surface area contributed by atoms with Gasteiger partial charge in [-0.1, -0.05) is 46.0 Å². The van der Waals surface area contributed by atoms with E-state index in [1.165, 1.54) is 63.6 Å². The second-order valence-electron chi connectivity index (χ2n) is 9.22. The number of piperidine rings is 1. The van der Waals surface area contributed by atoms with E-state index < -0.39 is 0 Å². The molecule has 1 saturated carbocycles. The largest absolute Gasteiger partial charge is 0.338 e. The summed E-state index contributed by atoms with van der Waals surface area (Å²) in [4.78, 5) is 19.2. The molecule has 2 fully saturated rings. The SMILES string of the molecule is Cc1ncc(CN2CCC(C3CCCCC3)CC2)cc1NC(=O)NCC(C)C. The van der Waals surface area contributed by atoms with Crippen molar-refractivity contribution in [2.45, 2.75) is 72.3 Å². The van der Waals surface area contributed by atoms with Gasteiger partial charge in [-0.2, -0.15) is 0 Å². The number of urea groups is 1. The van der Waals surface area contributed by atoms with Gasteiger partial charge in [0.25, 0.3) is 0 Å². The summed E-state index contributed by atoms with van der Waals surface area (Å²) in [6.45, 7) is 10.1. The quantitative estimate of drug-likeness (QED) is 0.726. The molecule has 0 radical (unpaired) electrons. The van der Waals surface area contributed by atoms with Gasteiger partial charge < -0.3 is 10.6 Å². The van der Waals surface area contributed by atoms with E-state index in [0.29, 0.717) is 12.5 Å². The van der Waals surface area contributed by atoms with Gasteiger partial charge in [0.2, 0.25) is 0 Å². The van der Waals surface area contributed by atoms with Crippen LogP contribution in [-0.4, -0.2) is 35.5 Å². The molecule has 2 N–H and O–H groups in total. The molecule has 1 aliphatic heterocycles. The van der Waals surface area contributed by atoms with Gasteiger partial charge in [-0.15, -0.1) is 0 Å². The second kappa shape index (κ2) is 10.2. The highest BCUT2D eigenvalue weighted by Crippen LogP contribution is 2.35. The van der Waals surface area contributed by atoms with E-state index in [0.717, 1.165) is 29.8 Å². The van der Waals surface area contributed by atoms with Gasteiger partial charge in [0.1, 0.15) is 0 Å². The van der Waals surface area contributed by atoms with Crippen LogP contribution in [0.2, 0.25) is 0 Å². The average Bonchev–Trinajstić information content (AvgIpc) is 2.70. The Bertz CT molecular complexity index is 631. The maximum atomic E-state index is 12.1. The zero-order valence-electron chi connectivity index (χ0n) is 18.0. The summed E-state index contributed by atoms with van der Waals surface area (Å²) in [5.74, 6) is 2.36. The van der Waals surface area contributed by atoms with Crippen LogP contribution >= 0.6 is 0 Å². The molecule has 1 saturated heterocycles. The smallest absolute Gasteiger partial charge is 0.319 e. The average molecular weight is 387 g/mol.